The summed E-state index contributed by atoms with van der Waals surface area (Å²) in [5, 5.41) is 9.17. The number of rotatable bonds is 2. The molecule has 0 saturated carbocycles. The number of thiophene rings is 2. The van der Waals surface area contributed by atoms with E-state index in [0.29, 0.717) is 9.81 Å². The first kappa shape index (κ1) is 21.9. The van der Waals surface area contributed by atoms with Gasteiger partial charge < -0.3 is 10.0 Å². The topological polar surface area (TPSA) is 60.9 Å². The first-order valence-corrected chi connectivity index (χ1v) is 13.8. The Morgan fingerprint density at radius 3 is 2.50 bits per heavy atom. The molecule has 1 fully saturated rings. The number of amides is 2. The molecule has 0 radical (unpaired) electrons. The third-order valence-corrected chi connectivity index (χ3v) is 10.2. The average Bonchev–Trinajstić information content (AvgIpc) is 3.45. The fourth-order valence-corrected chi connectivity index (χ4v) is 8.77. The van der Waals surface area contributed by atoms with Crippen molar-refractivity contribution in [3.63, 3.8) is 0 Å². The van der Waals surface area contributed by atoms with Gasteiger partial charge in [-0.05, 0) is 48.0 Å². The van der Waals surface area contributed by atoms with E-state index in [2.05, 4.69) is 60.5 Å². The van der Waals surface area contributed by atoms with Gasteiger partial charge in [0.2, 0.25) is 0 Å². The zero-order valence-electron chi connectivity index (χ0n) is 17.5. The van der Waals surface area contributed by atoms with Crippen molar-refractivity contribution in [3.8, 4) is 10.4 Å². The molecule has 0 unspecified atom stereocenters. The summed E-state index contributed by atoms with van der Waals surface area (Å²) in [5.74, 6) is -0.585. The summed E-state index contributed by atoms with van der Waals surface area (Å²) >= 11 is 11.1. The normalized spacial score (nSPS) is 16.4. The van der Waals surface area contributed by atoms with Crippen LogP contribution in [0.1, 0.15) is 4.88 Å². The summed E-state index contributed by atoms with van der Waals surface area (Å²) in [7, 11) is 2.10. The van der Waals surface area contributed by atoms with E-state index >= 15 is 0 Å². The van der Waals surface area contributed by atoms with Crippen molar-refractivity contribution < 1.29 is 14.7 Å². The van der Waals surface area contributed by atoms with E-state index in [1.54, 1.807) is 40.5 Å². The summed E-state index contributed by atoms with van der Waals surface area (Å²) < 4.78 is 2.31. The molecule has 4 aromatic rings. The summed E-state index contributed by atoms with van der Waals surface area (Å²) in [6, 6.07) is 19.2. The van der Waals surface area contributed by atoms with Gasteiger partial charge in [-0.15, -0.1) is 22.7 Å². The molecule has 0 aliphatic carbocycles. The average molecular weight is 539 g/mol. The van der Waals surface area contributed by atoms with Gasteiger partial charge in [-0.1, -0.05) is 53.9 Å². The largest absolute Gasteiger partial charge is 0.464 e. The minimum absolute atomic E-state index is 0.0444. The number of benzene rings is 2. The SMILES string of the molecule is CN1c2ccccc2Sc2cc(-c3cc4sc(/C=C5\SC(=S)N(C(=O)O)C5=O)cc4s3)ccc21. The van der Waals surface area contributed by atoms with Crippen LogP contribution in [0, 0.1) is 0 Å². The lowest BCUT2D eigenvalue weighted by molar-refractivity contribution is -0.120. The number of nitrogens with zero attached hydrogens (tertiary/aromatic N) is 2. The lowest BCUT2D eigenvalue weighted by atomic mass is 10.1. The maximum atomic E-state index is 12.3. The third-order valence-electron chi connectivity index (χ3n) is 5.54. The Balaban J connectivity index is 1.30. The first-order chi connectivity index (χ1) is 16.4. The lowest BCUT2D eigenvalue weighted by Gasteiger charge is -2.29. The number of para-hydroxylation sites is 1. The molecule has 0 atom stereocenters. The van der Waals surface area contributed by atoms with Crippen LogP contribution in [0.2, 0.25) is 0 Å². The third kappa shape index (κ3) is 3.57. The minimum atomic E-state index is -1.35. The van der Waals surface area contributed by atoms with Crippen molar-refractivity contribution in [2.75, 3.05) is 11.9 Å². The van der Waals surface area contributed by atoms with Gasteiger partial charge in [0.1, 0.15) is 0 Å². The molecule has 2 amide bonds. The van der Waals surface area contributed by atoms with E-state index in [-0.39, 0.29) is 4.32 Å². The van der Waals surface area contributed by atoms with Crippen molar-refractivity contribution in [1.29, 1.82) is 0 Å². The van der Waals surface area contributed by atoms with Crippen LogP contribution in [0.25, 0.3) is 25.9 Å². The van der Waals surface area contributed by atoms with Crippen molar-refractivity contribution in [3.05, 3.63) is 64.4 Å². The molecule has 0 bridgehead atoms. The van der Waals surface area contributed by atoms with Crippen LogP contribution < -0.4 is 4.90 Å². The van der Waals surface area contributed by atoms with Crippen LogP contribution in [-0.2, 0) is 4.79 Å². The molecule has 168 valence electrons. The molecule has 2 aromatic heterocycles. The number of thiocarbonyl (C=S) groups is 1. The Morgan fingerprint density at radius 1 is 0.971 bits per heavy atom. The van der Waals surface area contributed by atoms with Gasteiger partial charge in [0.25, 0.3) is 5.91 Å². The van der Waals surface area contributed by atoms with Crippen molar-refractivity contribution >= 4 is 102 Å². The Morgan fingerprint density at radius 2 is 1.74 bits per heavy atom. The molecule has 2 aromatic carbocycles. The molecular formula is C24H14N2O3S5. The molecule has 4 heterocycles. The van der Waals surface area contributed by atoms with Crippen LogP contribution in [0.3, 0.4) is 0 Å². The van der Waals surface area contributed by atoms with Crippen molar-refractivity contribution in [2.45, 2.75) is 9.79 Å². The first-order valence-electron chi connectivity index (χ1n) is 10.1. The molecule has 2 aliphatic rings. The monoisotopic (exact) mass is 538 g/mol. The predicted molar refractivity (Wildman–Crippen MR) is 147 cm³/mol. The highest BCUT2D eigenvalue weighted by molar-refractivity contribution is 8.26. The van der Waals surface area contributed by atoms with Crippen LogP contribution in [0.15, 0.2) is 69.3 Å². The summed E-state index contributed by atoms with van der Waals surface area (Å²) in [6.07, 6.45) is 0.378. The molecular weight excluding hydrogens is 525 g/mol. The number of carbonyl (C=O) groups excluding carboxylic acids is 1. The van der Waals surface area contributed by atoms with Crippen LogP contribution in [0.4, 0.5) is 16.2 Å². The highest BCUT2D eigenvalue weighted by Gasteiger charge is 2.37. The Hall–Kier alpha value is -2.63. The molecule has 6 rings (SSSR count). The summed E-state index contributed by atoms with van der Waals surface area (Å²) in [4.78, 5) is 31.3. The molecule has 1 N–H and O–H groups in total. The summed E-state index contributed by atoms with van der Waals surface area (Å²) in [5.41, 5.74) is 3.60. The molecule has 2 aliphatic heterocycles. The van der Waals surface area contributed by atoms with Gasteiger partial charge in [-0.2, -0.15) is 4.90 Å². The molecule has 5 nitrogen and oxygen atoms in total. The number of thioether (sulfide) groups is 1. The van der Waals surface area contributed by atoms with Crippen molar-refractivity contribution in [2.24, 2.45) is 0 Å². The maximum absolute atomic E-state index is 12.3. The number of carbonyl (C=O) groups is 2. The van der Waals surface area contributed by atoms with Crippen LogP contribution >= 0.6 is 58.4 Å². The highest BCUT2D eigenvalue weighted by Crippen LogP contribution is 2.49. The Labute approximate surface area is 216 Å². The quantitative estimate of drug-likeness (QED) is 0.207. The number of imide groups is 1. The smallest absolute Gasteiger partial charge is 0.420 e. The number of carboxylic acid groups (broad SMARTS) is 1. The van der Waals surface area contributed by atoms with E-state index in [9.17, 15) is 14.7 Å². The van der Waals surface area contributed by atoms with E-state index < -0.39 is 12.0 Å². The lowest BCUT2D eigenvalue weighted by Crippen LogP contribution is -2.33. The van der Waals surface area contributed by atoms with Crippen LogP contribution in [0.5, 0.6) is 0 Å². The van der Waals surface area contributed by atoms with Gasteiger partial charge in [0, 0.05) is 36.0 Å². The van der Waals surface area contributed by atoms with Gasteiger partial charge >= 0.3 is 6.09 Å². The van der Waals surface area contributed by atoms with Gasteiger partial charge in [0.05, 0.1) is 16.3 Å². The minimum Gasteiger partial charge on any atom is -0.464 e. The van der Waals surface area contributed by atoms with E-state index in [1.165, 1.54) is 31.6 Å². The fraction of sp³-hybridized carbons (Fsp3) is 0.0417. The fourth-order valence-electron chi connectivity index (χ4n) is 3.92. The van der Waals surface area contributed by atoms with E-state index in [1.807, 2.05) is 6.07 Å². The second-order valence-electron chi connectivity index (χ2n) is 7.60. The maximum Gasteiger partial charge on any atom is 0.420 e. The molecule has 34 heavy (non-hydrogen) atoms. The Kier molecular flexibility index (Phi) is 5.30. The van der Waals surface area contributed by atoms with Gasteiger partial charge in [-0.3, -0.25) is 4.79 Å². The van der Waals surface area contributed by atoms with E-state index in [4.69, 9.17) is 12.2 Å². The van der Waals surface area contributed by atoms with Gasteiger partial charge in [0.15, 0.2) is 4.32 Å². The second-order valence-corrected chi connectivity index (χ2v) is 12.6. The zero-order valence-corrected chi connectivity index (χ0v) is 21.6. The predicted octanol–water partition coefficient (Wildman–Crippen LogP) is 7.74. The van der Waals surface area contributed by atoms with E-state index in [0.717, 1.165) is 26.0 Å². The van der Waals surface area contributed by atoms with Crippen molar-refractivity contribution in [1.82, 2.24) is 4.90 Å². The highest BCUT2D eigenvalue weighted by atomic mass is 32.2. The second kappa shape index (κ2) is 8.24. The standard InChI is InChI=1S/C24H14N2O3S5/c1-25-14-4-2-3-5-16(14)32-18-8-12(6-7-15(18)25)17-11-20-19(33-17)9-13(31-20)10-21-22(27)26(23(28)29)24(30)34-21/h2-11H,1H3,(H,28,29)/b21-10-. The number of fused-ring (bicyclic) bond motifs is 3. The molecule has 0 spiro atoms. The zero-order chi connectivity index (χ0) is 23.6. The Bertz CT molecular complexity index is 1540. The number of hydrogen-bond acceptors (Lipinski definition) is 8. The number of hydrogen-bond donors (Lipinski definition) is 1. The van der Waals surface area contributed by atoms with Gasteiger partial charge in [-0.25, -0.2) is 4.79 Å². The molecule has 1 saturated heterocycles. The molecule has 10 heteroatoms. The summed E-state index contributed by atoms with van der Waals surface area (Å²) in [6.45, 7) is 0. The van der Waals surface area contributed by atoms with Crippen LogP contribution in [-0.4, -0.2) is 33.4 Å². The number of anilines is 2.